The van der Waals surface area contributed by atoms with Gasteiger partial charge in [0.05, 0.1) is 6.26 Å². The van der Waals surface area contributed by atoms with Crippen LogP contribution in [0.5, 0.6) is 0 Å². The molecule has 0 spiro atoms. The zero-order chi connectivity index (χ0) is 17.1. The quantitative estimate of drug-likeness (QED) is 0.587. The first-order valence-corrected chi connectivity index (χ1v) is 10.6. The highest BCUT2D eigenvalue weighted by Gasteiger charge is 2.05. The van der Waals surface area contributed by atoms with Crippen molar-refractivity contribution < 1.29 is 8.42 Å². The van der Waals surface area contributed by atoms with E-state index in [2.05, 4.69) is 29.5 Å². The highest BCUT2D eigenvalue weighted by atomic mass is 32.2. The second-order valence-electron chi connectivity index (χ2n) is 6.17. The van der Waals surface area contributed by atoms with Crippen LogP contribution >= 0.6 is 0 Å². The van der Waals surface area contributed by atoms with Gasteiger partial charge in [0.2, 0.25) is 10.0 Å². The molecule has 0 radical (unpaired) electrons. The van der Waals surface area contributed by atoms with Gasteiger partial charge in [-0.25, -0.2) is 8.42 Å². The summed E-state index contributed by atoms with van der Waals surface area (Å²) in [6, 6.07) is 7.68. The van der Waals surface area contributed by atoms with Crippen LogP contribution in [-0.2, 0) is 16.4 Å². The largest absolute Gasteiger partial charge is 0.303 e. The molecule has 1 N–H and O–H groups in total. The van der Waals surface area contributed by atoms with Crippen molar-refractivity contribution in [2.75, 3.05) is 30.6 Å². The zero-order valence-corrected chi connectivity index (χ0v) is 15.7. The molecule has 0 atom stereocenters. The van der Waals surface area contributed by atoms with Crippen LogP contribution in [0.2, 0.25) is 0 Å². The minimum absolute atomic E-state index is 0.646. The zero-order valence-electron chi connectivity index (χ0n) is 14.8. The van der Waals surface area contributed by atoms with Crippen LogP contribution in [0.25, 0.3) is 0 Å². The molecule has 1 aromatic rings. The molecule has 1 rings (SSSR count). The number of likely N-dealkylation sites (N-methyl/N-ethyl adjacent to an activating group) is 1. The van der Waals surface area contributed by atoms with Gasteiger partial charge in [0, 0.05) is 12.2 Å². The molecule has 0 bridgehead atoms. The Labute approximate surface area is 142 Å². The lowest BCUT2D eigenvalue weighted by atomic mass is 10.1. The standard InChI is InChI=1S/C18H32N2O2S/c1-4-6-7-8-9-14-20(5-2)15-13-17-11-10-12-18(16-17)19-23(3,21)22/h10-12,16,19H,4-9,13-15H2,1-3H3. The van der Waals surface area contributed by atoms with Gasteiger partial charge in [0.15, 0.2) is 0 Å². The molecule has 4 nitrogen and oxygen atoms in total. The first-order valence-electron chi connectivity index (χ1n) is 8.73. The van der Waals surface area contributed by atoms with Crippen molar-refractivity contribution in [3.63, 3.8) is 0 Å². The molecule has 0 fully saturated rings. The molecular weight excluding hydrogens is 308 g/mol. The van der Waals surface area contributed by atoms with Crippen molar-refractivity contribution >= 4 is 15.7 Å². The summed E-state index contributed by atoms with van der Waals surface area (Å²) < 4.78 is 25.1. The molecule has 23 heavy (non-hydrogen) atoms. The van der Waals surface area contributed by atoms with Gasteiger partial charge in [-0.15, -0.1) is 0 Å². The minimum atomic E-state index is -3.21. The molecule has 0 saturated carbocycles. The maximum atomic E-state index is 11.3. The van der Waals surface area contributed by atoms with E-state index in [1.54, 1.807) is 6.07 Å². The number of nitrogens with zero attached hydrogens (tertiary/aromatic N) is 1. The van der Waals surface area contributed by atoms with E-state index in [4.69, 9.17) is 0 Å². The smallest absolute Gasteiger partial charge is 0.229 e. The summed E-state index contributed by atoms with van der Waals surface area (Å²) in [6.07, 6.45) is 8.68. The second-order valence-corrected chi connectivity index (χ2v) is 7.92. The van der Waals surface area contributed by atoms with Crippen LogP contribution < -0.4 is 4.72 Å². The van der Waals surface area contributed by atoms with Gasteiger partial charge in [0.25, 0.3) is 0 Å². The number of nitrogens with one attached hydrogen (secondary N) is 1. The maximum Gasteiger partial charge on any atom is 0.229 e. The molecule has 0 heterocycles. The average molecular weight is 341 g/mol. The Morgan fingerprint density at radius 3 is 2.43 bits per heavy atom. The summed E-state index contributed by atoms with van der Waals surface area (Å²) >= 11 is 0. The van der Waals surface area contributed by atoms with Crippen molar-refractivity contribution in [1.82, 2.24) is 4.90 Å². The molecule has 0 aromatic heterocycles. The Balaban J connectivity index is 2.41. The number of sulfonamides is 1. The summed E-state index contributed by atoms with van der Waals surface area (Å²) in [5.74, 6) is 0. The molecule has 0 unspecified atom stereocenters. The third-order valence-electron chi connectivity index (χ3n) is 3.97. The normalized spacial score (nSPS) is 11.8. The predicted octanol–water partition coefficient (Wildman–Crippen LogP) is 3.89. The lowest BCUT2D eigenvalue weighted by Gasteiger charge is -2.20. The Morgan fingerprint density at radius 2 is 1.78 bits per heavy atom. The highest BCUT2D eigenvalue weighted by molar-refractivity contribution is 7.92. The Kier molecular flexibility index (Phi) is 9.26. The number of unbranched alkanes of at least 4 members (excludes halogenated alkanes) is 4. The lowest BCUT2D eigenvalue weighted by Crippen LogP contribution is -2.27. The van der Waals surface area contributed by atoms with E-state index in [0.717, 1.165) is 26.1 Å². The molecule has 132 valence electrons. The van der Waals surface area contributed by atoms with E-state index in [-0.39, 0.29) is 0 Å². The van der Waals surface area contributed by atoms with E-state index in [1.807, 2.05) is 12.1 Å². The van der Waals surface area contributed by atoms with E-state index in [0.29, 0.717) is 5.69 Å². The lowest BCUT2D eigenvalue weighted by molar-refractivity contribution is 0.284. The predicted molar refractivity (Wildman–Crippen MR) is 99.5 cm³/mol. The van der Waals surface area contributed by atoms with Crippen LogP contribution in [-0.4, -0.2) is 39.2 Å². The van der Waals surface area contributed by atoms with Gasteiger partial charge in [0.1, 0.15) is 0 Å². The summed E-state index contributed by atoms with van der Waals surface area (Å²) in [7, 11) is -3.21. The topological polar surface area (TPSA) is 49.4 Å². The van der Waals surface area contributed by atoms with Gasteiger partial charge >= 0.3 is 0 Å². The summed E-state index contributed by atoms with van der Waals surface area (Å²) in [5, 5.41) is 0. The van der Waals surface area contributed by atoms with E-state index in [1.165, 1.54) is 43.9 Å². The number of anilines is 1. The molecule has 0 amide bonds. The molecule has 0 aliphatic heterocycles. The highest BCUT2D eigenvalue weighted by Crippen LogP contribution is 2.13. The van der Waals surface area contributed by atoms with E-state index >= 15 is 0 Å². The fraction of sp³-hybridized carbons (Fsp3) is 0.667. The summed E-state index contributed by atoms with van der Waals surface area (Å²) in [4.78, 5) is 2.47. The first-order chi connectivity index (χ1) is 10.9. The Hall–Kier alpha value is -1.07. The number of hydrogen-bond donors (Lipinski definition) is 1. The molecule has 5 heteroatoms. The molecule has 0 aliphatic rings. The number of rotatable bonds is 12. The van der Waals surface area contributed by atoms with Crippen molar-refractivity contribution in [2.45, 2.75) is 52.4 Å². The van der Waals surface area contributed by atoms with Gasteiger partial charge in [-0.2, -0.15) is 0 Å². The van der Waals surface area contributed by atoms with Crippen LogP contribution in [0.15, 0.2) is 24.3 Å². The van der Waals surface area contributed by atoms with Crippen LogP contribution in [0.3, 0.4) is 0 Å². The maximum absolute atomic E-state index is 11.3. The number of benzene rings is 1. The Morgan fingerprint density at radius 1 is 1.04 bits per heavy atom. The fourth-order valence-corrected chi connectivity index (χ4v) is 3.21. The van der Waals surface area contributed by atoms with Crippen LogP contribution in [0.1, 0.15) is 51.5 Å². The first kappa shape index (κ1) is 20.0. The average Bonchev–Trinajstić information content (AvgIpc) is 2.49. The SMILES string of the molecule is CCCCCCCN(CC)CCc1cccc(NS(C)(=O)=O)c1. The third kappa shape index (κ3) is 9.61. The van der Waals surface area contributed by atoms with Crippen molar-refractivity contribution in [3.8, 4) is 0 Å². The summed E-state index contributed by atoms with van der Waals surface area (Å²) in [5.41, 5.74) is 1.82. The fourth-order valence-electron chi connectivity index (χ4n) is 2.66. The van der Waals surface area contributed by atoms with Crippen LogP contribution in [0.4, 0.5) is 5.69 Å². The molecule has 1 aromatic carbocycles. The van der Waals surface area contributed by atoms with Crippen molar-refractivity contribution in [2.24, 2.45) is 0 Å². The third-order valence-corrected chi connectivity index (χ3v) is 4.58. The summed E-state index contributed by atoms with van der Waals surface area (Å²) in [6.45, 7) is 7.68. The van der Waals surface area contributed by atoms with Gasteiger partial charge < -0.3 is 4.90 Å². The monoisotopic (exact) mass is 340 g/mol. The van der Waals surface area contributed by atoms with Crippen molar-refractivity contribution in [1.29, 1.82) is 0 Å². The Bertz CT molecular complexity index is 544. The van der Waals surface area contributed by atoms with Crippen molar-refractivity contribution in [3.05, 3.63) is 29.8 Å². The van der Waals surface area contributed by atoms with E-state index in [9.17, 15) is 8.42 Å². The minimum Gasteiger partial charge on any atom is -0.303 e. The van der Waals surface area contributed by atoms with Gasteiger partial charge in [-0.3, -0.25) is 4.72 Å². The van der Waals surface area contributed by atoms with Gasteiger partial charge in [-0.1, -0.05) is 51.7 Å². The molecular formula is C18H32N2O2S. The second kappa shape index (κ2) is 10.7. The molecule has 0 aliphatic carbocycles. The van der Waals surface area contributed by atoms with Crippen LogP contribution in [0, 0.1) is 0 Å². The van der Waals surface area contributed by atoms with Gasteiger partial charge in [-0.05, 0) is 43.6 Å². The number of hydrogen-bond acceptors (Lipinski definition) is 3. The van der Waals surface area contributed by atoms with E-state index < -0.39 is 10.0 Å². The molecule has 0 saturated heterocycles.